The molecule has 1 aliphatic carbocycles. The Balaban J connectivity index is 2.12. The summed E-state index contributed by atoms with van der Waals surface area (Å²) in [6, 6.07) is 0.414. The molecule has 1 fully saturated rings. The van der Waals surface area contributed by atoms with Crippen molar-refractivity contribution in [3.8, 4) is 0 Å². The van der Waals surface area contributed by atoms with Crippen molar-refractivity contribution in [1.82, 2.24) is 5.32 Å². The Morgan fingerprint density at radius 1 is 1.39 bits per heavy atom. The molecule has 0 bridgehead atoms. The number of hydrogen-bond acceptors (Lipinski definition) is 4. The number of methoxy groups -OCH3 is 1. The summed E-state index contributed by atoms with van der Waals surface area (Å²) in [5.74, 6) is 0.322. The average molecular weight is 355 g/mol. The van der Waals surface area contributed by atoms with E-state index in [0.717, 1.165) is 28.3 Å². The second-order valence-corrected chi connectivity index (χ2v) is 7.79. The predicted octanol–water partition coefficient (Wildman–Crippen LogP) is 4.27. The molecular formula is C17H26N2O2S2. The lowest BCUT2D eigenvalue weighted by Crippen LogP contribution is -2.43. The van der Waals surface area contributed by atoms with Gasteiger partial charge in [0.25, 0.3) is 0 Å². The van der Waals surface area contributed by atoms with Crippen molar-refractivity contribution in [3.05, 3.63) is 16.0 Å². The van der Waals surface area contributed by atoms with Gasteiger partial charge in [0.15, 0.2) is 5.11 Å². The van der Waals surface area contributed by atoms with E-state index in [0.29, 0.717) is 22.6 Å². The molecule has 4 nitrogen and oxygen atoms in total. The van der Waals surface area contributed by atoms with E-state index in [1.165, 1.54) is 26.4 Å². The number of carbonyl (C=O) groups is 1. The maximum Gasteiger partial charge on any atom is 0.341 e. The zero-order valence-corrected chi connectivity index (χ0v) is 16.0. The second-order valence-electron chi connectivity index (χ2n) is 6.15. The molecule has 2 unspecified atom stereocenters. The van der Waals surface area contributed by atoms with Crippen molar-refractivity contribution >= 4 is 39.6 Å². The van der Waals surface area contributed by atoms with E-state index < -0.39 is 0 Å². The Hall–Kier alpha value is -1.14. The SMILES string of the molecule is CCc1c(C)sc(NC(=S)NC2CCCCC2C)c1C(=O)OC. The summed E-state index contributed by atoms with van der Waals surface area (Å²) < 4.78 is 4.95. The molecule has 1 aliphatic rings. The molecule has 2 atom stereocenters. The van der Waals surface area contributed by atoms with Gasteiger partial charge in [-0.25, -0.2) is 4.79 Å². The van der Waals surface area contributed by atoms with Crippen LogP contribution in [0.3, 0.4) is 0 Å². The van der Waals surface area contributed by atoms with Crippen LogP contribution in [0.1, 0.15) is 60.3 Å². The Morgan fingerprint density at radius 2 is 2.09 bits per heavy atom. The molecule has 2 rings (SSSR count). The highest BCUT2D eigenvalue weighted by Crippen LogP contribution is 2.34. The molecule has 0 spiro atoms. The topological polar surface area (TPSA) is 50.4 Å². The van der Waals surface area contributed by atoms with Crippen LogP contribution in [0.25, 0.3) is 0 Å². The molecular weight excluding hydrogens is 328 g/mol. The van der Waals surface area contributed by atoms with Crippen molar-refractivity contribution in [2.75, 3.05) is 12.4 Å². The fraction of sp³-hybridized carbons (Fsp3) is 0.647. The Morgan fingerprint density at radius 3 is 2.70 bits per heavy atom. The Kier molecular flexibility index (Phi) is 6.41. The van der Waals surface area contributed by atoms with Gasteiger partial charge in [0.05, 0.1) is 12.7 Å². The van der Waals surface area contributed by atoms with Gasteiger partial charge in [-0.2, -0.15) is 0 Å². The molecule has 1 heterocycles. The Bertz CT molecular complexity index is 583. The summed E-state index contributed by atoms with van der Waals surface area (Å²) >= 11 is 7.03. The van der Waals surface area contributed by atoms with Crippen LogP contribution in [-0.2, 0) is 11.2 Å². The van der Waals surface area contributed by atoms with Crippen LogP contribution in [-0.4, -0.2) is 24.2 Å². The van der Waals surface area contributed by atoms with Crippen LogP contribution in [0.2, 0.25) is 0 Å². The largest absolute Gasteiger partial charge is 0.465 e. The first-order chi connectivity index (χ1) is 11.0. The van der Waals surface area contributed by atoms with Gasteiger partial charge in [0.1, 0.15) is 5.00 Å². The van der Waals surface area contributed by atoms with Gasteiger partial charge >= 0.3 is 5.97 Å². The quantitative estimate of drug-likeness (QED) is 0.625. The Labute approximate surface area is 148 Å². The highest BCUT2D eigenvalue weighted by atomic mass is 32.1. The summed E-state index contributed by atoms with van der Waals surface area (Å²) in [7, 11) is 1.42. The lowest BCUT2D eigenvalue weighted by Gasteiger charge is -2.30. The number of aryl methyl sites for hydroxylation is 1. The summed E-state index contributed by atoms with van der Waals surface area (Å²) in [6.45, 7) is 6.34. The molecule has 0 aliphatic heterocycles. The van der Waals surface area contributed by atoms with E-state index in [4.69, 9.17) is 17.0 Å². The van der Waals surface area contributed by atoms with Gasteiger partial charge in [-0.15, -0.1) is 11.3 Å². The number of ether oxygens (including phenoxy) is 1. The maximum absolute atomic E-state index is 12.1. The number of anilines is 1. The number of rotatable bonds is 4. The van der Waals surface area contributed by atoms with Crippen molar-refractivity contribution in [3.63, 3.8) is 0 Å². The molecule has 1 aromatic heterocycles. The van der Waals surface area contributed by atoms with Crippen molar-refractivity contribution < 1.29 is 9.53 Å². The average Bonchev–Trinajstić information content (AvgIpc) is 2.83. The lowest BCUT2D eigenvalue weighted by molar-refractivity contribution is 0.0601. The van der Waals surface area contributed by atoms with Crippen LogP contribution in [0.4, 0.5) is 5.00 Å². The summed E-state index contributed by atoms with van der Waals surface area (Å²) in [6.07, 6.45) is 5.74. The van der Waals surface area contributed by atoms with Crippen molar-refractivity contribution in [2.45, 2.75) is 58.9 Å². The molecule has 128 valence electrons. The number of thiocarbonyl (C=S) groups is 1. The first kappa shape index (κ1) is 18.2. The molecule has 6 heteroatoms. The summed E-state index contributed by atoms with van der Waals surface area (Å²) in [5, 5.41) is 8.03. The van der Waals surface area contributed by atoms with Crippen molar-refractivity contribution in [2.24, 2.45) is 5.92 Å². The van der Waals surface area contributed by atoms with E-state index in [9.17, 15) is 4.79 Å². The highest BCUT2D eigenvalue weighted by molar-refractivity contribution is 7.80. The first-order valence-electron chi connectivity index (χ1n) is 8.26. The minimum absolute atomic E-state index is 0.303. The van der Waals surface area contributed by atoms with E-state index in [2.05, 4.69) is 17.6 Å². The zero-order valence-electron chi connectivity index (χ0n) is 14.3. The molecule has 1 saturated carbocycles. The molecule has 23 heavy (non-hydrogen) atoms. The molecule has 0 saturated heterocycles. The molecule has 0 aromatic carbocycles. The maximum atomic E-state index is 12.1. The van der Waals surface area contributed by atoms with E-state index in [1.54, 1.807) is 11.3 Å². The number of esters is 1. The van der Waals surface area contributed by atoms with Crippen LogP contribution in [0.15, 0.2) is 0 Å². The number of nitrogens with one attached hydrogen (secondary N) is 2. The number of carbonyl (C=O) groups excluding carboxylic acids is 1. The zero-order chi connectivity index (χ0) is 17.0. The second kappa shape index (κ2) is 8.11. The minimum atomic E-state index is -0.303. The van der Waals surface area contributed by atoms with Gasteiger partial charge in [0, 0.05) is 10.9 Å². The monoisotopic (exact) mass is 354 g/mol. The van der Waals surface area contributed by atoms with Crippen LogP contribution in [0.5, 0.6) is 0 Å². The lowest BCUT2D eigenvalue weighted by atomic mass is 9.86. The number of thiophene rings is 1. The third kappa shape index (κ3) is 4.23. The molecule has 0 amide bonds. The van der Waals surface area contributed by atoms with E-state index in [1.807, 2.05) is 13.8 Å². The summed E-state index contributed by atoms with van der Waals surface area (Å²) in [5.41, 5.74) is 1.66. The third-order valence-corrected chi connectivity index (χ3v) is 5.89. The fourth-order valence-corrected chi connectivity index (χ4v) is 4.70. The van der Waals surface area contributed by atoms with E-state index in [-0.39, 0.29) is 5.97 Å². The standard InChI is InChI=1S/C17H26N2O2S2/c1-5-12-11(3)23-15(14(12)16(20)21-4)19-17(22)18-13-9-7-6-8-10(13)2/h10,13H,5-9H2,1-4H3,(H2,18,19,22). The van der Waals surface area contributed by atoms with Crippen LogP contribution in [0, 0.1) is 12.8 Å². The smallest absolute Gasteiger partial charge is 0.341 e. The van der Waals surface area contributed by atoms with Gasteiger partial charge in [-0.1, -0.05) is 26.7 Å². The van der Waals surface area contributed by atoms with Crippen LogP contribution >= 0.6 is 23.6 Å². The number of hydrogen-bond donors (Lipinski definition) is 2. The van der Waals surface area contributed by atoms with Crippen LogP contribution < -0.4 is 10.6 Å². The van der Waals surface area contributed by atoms with Gasteiger partial charge in [-0.3, -0.25) is 0 Å². The van der Waals surface area contributed by atoms with Gasteiger partial charge in [0.2, 0.25) is 0 Å². The fourth-order valence-electron chi connectivity index (χ4n) is 3.25. The first-order valence-corrected chi connectivity index (χ1v) is 9.48. The van der Waals surface area contributed by atoms with Crippen molar-refractivity contribution in [1.29, 1.82) is 0 Å². The normalized spacial score (nSPS) is 20.9. The third-order valence-electron chi connectivity index (χ3n) is 4.61. The summed E-state index contributed by atoms with van der Waals surface area (Å²) in [4.78, 5) is 13.3. The molecule has 1 aromatic rings. The predicted molar refractivity (Wildman–Crippen MR) is 101 cm³/mol. The molecule has 0 radical (unpaired) electrons. The van der Waals surface area contributed by atoms with E-state index >= 15 is 0 Å². The van der Waals surface area contributed by atoms with Gasteiger partial charge < -0.3 is 15.4 Å². The molecule has 2 N–H and O–H groups in total. The van der Waals surface area contributed by atoms with Gasteiger partial charge in [-0.05, 0) is 49.9 Å². The highest BCUT2D eigenvalue weighted by Gasteiger charge is 2.24. The minimum Gasteiger partial charge on any atom is -0.465 e.